The highest BCUT2D eigenvalue weighted by Gasteiger charge is 2.25. The van der Waals surface area contributed by atoms with Crippen molar-refractivity contribution in [3.8, 4) is 5.75 Å². The van der Waals surface area contributed by atoms with E-state index < -0.39 is 0 Å². The average Bonchev–Trinajstić information content (AvgIpc) is 3.10. The molecule has 0 radical (unpaired) electrons. The number of para-hydroxylation sites is 1. The number of rotatable bonds is 9. The second-order valence-electron chi connectivity index (χ2n) is 6.97. The Hall–Kier alpha value is -2.80. The van der Waals surface area contributed by atoms with E-state index in [9.17, 15) is 4.79 Å². The van der Waals surface area contributed by atoms with Crippen LogP contribution in [0.2, 0.25) is 0 Å². The first-order valence-electron chi connectivity index (χ1n) is 9.62. The molecule has 3 rings (SSSR count). The molecule has 1 heterocycles. The molecule has 1 atom stereocenters. The summed E-state index contributed by atoms with van der Waals surface area (Å²) in [5, 5.41) is 12.6. The number of hydrogen-bond acceptors (Lipinski definition) is 5. The monoisotopic (exact) mass is 410 g/mol. The molecule has 7 heteroatoms. The summed E-state index contributed by atoms with van der Waals surface area (Å²) in [7, 11) is 1.93. The fourth-order valence-corrected chi connectivity index (χ4v) is 3.61. The molecule has 6 nitrogen and oxygen atoms in total. The summed E-state index contributed by atoms with van der Waals surface area (Å²) in [6.07, 6.45) is 0. The van der Waals surface area contributed by atoms with Crippen molar-refractivity contribution in [2.75, 3.05) is 12.4 Å². The van der Waals surface area contributed by atoms with E-state index in [1.165, 1.54) is 0 Å². The van der Waals surface area contributed by atoms with Gasteiger partial charge in [0.05, 0.1) is 12.6 Å². The minimum absolute atomic E-state index is 0.113. The van der Waals surface area contributed by atoms with Crippen LogP contribution in [0.5, 0.6) is 5.75 Å². The maximum atomic E-state index is 12.6. The number of nitrogens with one attached hydrogen (secondary N) is 1. The third-order valence-corrected chi connectivity index (χ3v) is 5.45. The molecule has 0 aliphatic carbocycles. The Labute approximate surface area is 175 Å². The van der Waals surface area contributed by atoms with Crippen molar-refractivity contribution in [1.29, 1.82) is 0 Å². The van der Waals surface area contributed by atoms with Gasteiger partial charge in [-0.15, -0.1) is 10.2 Å². The van der Waals surface area contributed by atoms with E-state index in [4.69, 9.17) is 4.74 Å². The summed E-state index contributed by atoms with van der Waals surface area (Å²) in [6, 6.07) is 18.7. The van der Waals surface area contributed by atoms with Crippen LogP contribution in [-0.2, 0) is 7.05 Å². The predicted molar refractivity (Wildman–Crippen MR) is 115 cm³/mol. The molecule has 29 heavy (non-hydrogen) atoms. The van der Waals surface area contributed by atoms with Crippen molar-refractivity contribution in [2.24, 2.45) is 13.0 Å². The van der Waals surface area contributed by atoms with Crippen LogP contribution in [0, 0.1) is 5.92 Å². The first-order valence-corrected chi connectivity index (χ1v) is 10.6. The Balaban J connectivity index is 1.61. The van der Waals surface area contributed by atoms with Crippen LogP contribution in [0.15, 0.2) is 65.8 Å². The van der Waals surface area contributed by atoms with Crippen LogP contribution in [0.25, 0.3) is 0 Å². The van der Waals surface area contributed by atoms with Crippen LogP contribution in [0.1, 0.15) is 36.1 Å². The molecule has 1 aromatic heterocycles. The SMILES string of the molecule is CC(C)[C@H](NC(=O)c1ccccc1)c1nnc(SCCOc2ccccc2)n1C. The predicted octanol–water partition coefficient (Wildman–Crippen LogP) is 4.11. The molecule has 0 saturated heterocycles. The van der Waals surface area contributed by atoms with Crippen LogP contribution in [0.3, 0.4) is 0 Å². The number of amides is 1. The van der Waals surface area contributed by atoms with Gasteiger partial charge in [0.1, 0.15) is 5.75 Å². The number of benzene rings is 2. The van der Waals surface area contributed by atoms with Crippen molar-refractivity contribution in [2.45, 2.75) is 25.0 Å². The summed E-state index contributed by atoms with van der Waals surface area (Å²) in [4.78, 5) is 12.6. The summed E-state index contributed by atoms with van der Waals surface area (Å²) in [5.41, 5.74) is 0.632. The fraction of sp³-hybridized carbons (Fsp3) is 0.318. The minimum atomic E-state index is -0.227. The van der Waals surface area contributed by atoms with Crippen LogP contribution in [-0.4, -0.2) is 33.0 Å². The molecule has 152 valence electrons. The summed E-state index contributed by atoms with van der Waals surface area (Å²) < 4.78 is 7.67. The Morgan fingerprint density at radius 2 is 1.72 bits per heavy atom. The highest BCUT2D eigenvalue weighted by atomic mass is 32.2. The molecule has 0 fully saturated rings. The second kappa shape index (κ2) is 10.1. The zero-order chi connectivity index (χ0) is 20.6. The number of ether oxygens (including phenoxy) is 1. The normalized spacial score (nSPS) is 12.0. The highest BCUT2D eigenvalue weighted by molar-refractivity contribution is 7.99. The van der Waals surface area contributed by atoms with E-state index in [0.29, 0.717) is 12.2 Å². The van der Waals surface area contributed by atoms with E-state index >= 15 is 0 Å². The number of hydrogen-bond donors (Lipinski definition) is 1. The minimum Gasteiger partial charge on any atom is -0.493 e. The quantitative estimate of drug-likeness (QED) is 0.425. The van der Waals surface area contributed by atoms with Crippen LogP contribution < -0.4 is 10.1 Å². The third-order valence-electron chi connectivity index (χ3n) is 4.46. The van der Waals surface area contributed by atoms with E-state index in [1.807, 2.05) is 60.1 Å². The number of nitrogens with zero attached hydrogens (tertiary/aromatic N) is 3. The molecular formula is C22H26N4O2S. The van der Waals surface area contributed by atoms with Gasteiger partial charge in [0, 0.05) is 18.4 Å². The Bertz CT molecular complexity index is 913. The zero-order valence-electron chi connectivity index (χ0n) is 16.9. The van der Waals surface area contributed by atoms with Gasteiger partial charge in [-0.05, 0) is 30.2 Å². The third kappa shape index (κ3) is 5.60. The molecule has 0 bridgehead atoms. The van der Waals surface area contributed by atoms with Gasteiger partial charge in [0.15, 0.2) is 11.0 Å². The molecule has 1 N–H and O–H groups in total. The van der Waals surface area contributed by atoms with E-state index in [0.717, 1.165) is 22.5 Å². The van der Waals surface area contributed by atoms with E-state index in [-0.39, 0.29) is 17.9 Å². The van der Waals surface area contributed by atoms with Gasteiger partial charge in [-0.2, -0.15) is 0 Å². The average molecular weight is 411 g/mol. The largest absolute Gasteiger partial charge is 0.493 e. The Morgan fingerprint density at radius 1 is 1.07 bits per heavy atom. The van der Waals surface area contributed by atoms with Crippen molar-refractivity contribution in [3.05, 3.63) is 72.1 Å². The van der Waals surface area contributed by atoms with Crippen molar-refractivity contribution in [3.63, 3.8) is 0 Å². The van der Waals surface area contributed by atoms with E-state index in [1.54, 1.807) is 23.9 Å². The first kappa shape index (κ1) is 20.9. The standard InChI is InChI=1S/C22H26N4O2S/c1-16(2)19(23-21(27)17-10-6-4-7-11-17)20-24-25-22(26(20)3)29-15-14-28-18-12-8-5-9-13-18/h4-13,16,19H,14-15H2,1-3H3,(H,23,27)/t19-/m0/s1. The molecule has 0 saturated carbocycles. The smallest absolute Gasteiger partial charge is 0.251 e. The molecule has 1 amide bonds. The number of carbonyl (C=O) groups is 1. The van der Waals surface area contributed by atoms with Gasteiger partial charge < -0.3 is 14.6 Å². The van der Waals surface area contributed by atoms with Crippen molar-refractivity contribution in [1.82, 2.24) is 20.1 Å². The second-order valence-corrected chi connectivity index (χ2v) is 8.03. The van der Waals surface area contributed by atoms with Gasteiger partial charge >= 0.3 is 0 Å². The summed E-state index contributed by atoms with van der Waals surface area (Å²) >= 11 is 1.58. The molecule has 3 aromatic rings. The number of thioether (sulfide) groups is 1. The molecular weight excluding hydrogens is 384 g/mol. The van der Waals surface area contributed by atoms with E-state index in [2.05, 4.69) is 29.4 Å². The number of carbonyl (C=O) groups excluding carboxylic acids is 1. The molecule has 0 spiro atoms. The lowest BCUT2D eigenvalue weighted by Crippen LogP contribution is -2.33. The molecule has 0 aliphatic rings. The lowest BCUT2D eigenvalue weighted by atomic mass is 10.0. The zero-order valence-corrected chi connectivity index (χ0v) is 17.7. The fourth-order valence-electron chi connectivity index (χ4n) is 2.88. The van der Waals surface area contributed by atoms with Gasteiger partial charge in [-0.3, -0.25) is 4.79 Å². The number of aromatic nitrogens is 3. The van der Waals surface area contributed by atoms with Gasteiger partial charge in [0.25, 0.3) is 5.91 Å². The van der Waals surface area contributed by atoms with Crippen LogP contribution >= 0.6 is 11.8 Å². The van der Waals surface area contributed by atoms with Crippen molar-refractivity contribution >= 4 is 17.7 Å². The summed E-state index contributed by atoms with van der Waals surface area (Å²) in [5.74, 6) is 2.41. The lowest BCUT2D eigenvalue weighted by Gasteiger charge is -2.21. The Kier molecular flexibility index (Phi) is 7.30. The lowest BCUT2D eigenvalue weighted by molar-refractivity contribution is 0.0922. The molecule has 0 unspecified atom stereocenters. The summed E-state index contributed by atoms with van der Waals surface area (Å²) in [6.45, 7) is 4.70. The molecule has 0 aliphatic heterocycles. The topological polar surface area (TPSA) is 69.0 Å². The van der Waals surface area contributed by atoms with Gasteiger partial charge in [0.2, 0.25) is 0 Å². The van der Waals surface area contributed by atoms with Crippen molar-refractivity contribution < 1.29 is 9.53 Å². The Morgan fingerprint density at radius 3 is 2.38 bits per heavy atom. The highest BCUT2D eigenvalue weighted by Crippen LogP contribution is 2.24. The van der Waals surface area contributed by atoms with Crippen LogP contribution in [0.4, 0.5) is 0 Å². The maximum absolute atomic E-state index is 12.6. The maximum Gasteiger partial charge on any atom is 0.251 e. The molecule has 2 aromatic carbocycles. The van der Waals surface area contributed by atoms with Gasteiger partial charge in [-0.1, -0.05) is 62.0 Å². The van der Waals surface area contributed by atoms with Gasteiger partial charge in [-0.25, -0.2) is 0 Å². The first-order chi connectivity index (χ1) is 14.1.